The molecule has 0 spiro atoms. The van der Waals surface area contributed by atoms with E-state index in [4.69, 9.17) is 11.2 Å². The lowest BCUT2D eigenvalue weighted by Gasteiger charge is -2.39. The van der Waals surface area contributed by atoms with Crippen LogP contribution in [0.5, 0.6) is 0 Å². The molecular formula is C17H22N2O2. The monoisotopic (exact) mass is 286 g/mol. The molecule has 0 bridgehead atoms. The second-order valence-electron chi connectivity index (χ2n) is 5.98. The van der Waals surface area contributed by atoms with Crippen LogP contribution in [0, 0.1) is 12.3 Å². The van der Waals surface area contributed by atoms with E-state index in [0.29, 0.717) is 12.6 Å². The van der Waals surface area contributed by atoms with Gasteiger partial charge in [0.2, 0.25) is 0 Å². The number of ether oxygens (including phenoxy) is 1. The number of benzene rings is 1. The number of terminal acetylenes is 1. The van der Waals surface area contributed by atoms with Crippen molar-refractivity contribution in [3.8, 4) is 12.3 Å². The molecule has 1 aliphatic carbocycles. The molecule has 0 unspecified atom stereocenters. The fraction of sp³-hybridized carbons (Fsp3) is 0.471. The first-order chi connectivity index (χ1) is 9.98. The van der Waals surface area contributed by atoms with Gasteiger partial charge in [-0.1, -0.05) is 36.3 Å². The van der Waals surface area contributed by atoms with Gasteiger partial charge in [-0.2, -0.15) is 0 Å². The van der Waals surface area contributed by atoms with E-state index in [1.807, 2.05) is 44.2 Å². The molecule has 4 heteroatoms. The molecule has 4 nitrogen and oxygen atoms in total. The zero-order valence-corrected chi connectivity index (χ0v) is 12.6. The number of hydrogen-bond donors (Lipinski definition) is 2. The quantitative estimate of drug-likeness (QED) is 0.817. The third-order valence-corrected chi connectivity index (χ3v) is 3.60. The van der Waals surface area contributed by atoms with Gasteiger partial charge >= 0.3 is 6.09 Å². The molecule has 1 aliphatic rings. The van der Waals surface area contributed by atoms with Crippen molar-refractivity contribution >= 4 is 6.09 Å². The van der Waals surface area contributed by atoms with Crippen molar-refractivity contribution in [2.75, 3.05) is 0 Å². The summed E-state index contributed by atoms with van der Waals surface area (Å²) in [5.41, 5.74) is 0.681. The van der Waals surface area contributed by atoms with Gasteiger partial charge in [-0.05, 0) is 32.3 Å². The van der Waals surface area contributed by atoms with E-state index < -0.39 is 0 Å². The van der Waals surface area contributed by atoms with E-state index in [2.05, 4.69) is 16.6 Å². The van der Waals surface area contributed by atoms with E-state index in [9.17, 15) is 4.79 Å². The molecule has 2 N–H and O–H groups in total. The molecule has 112 valence electrons. The van der Waals surface area contributed by atoms with Gasteiger partial charge in [0, 0.05) is 12.1 Å². The Labute approximate surface area is 126 Å². The molecule has 1 aromatic carbocycles. The highest BCUT2D eigenvalue weighted by Gasteiger charge is 2.33. The molecule has 1 aromatic rings. The summed E-state index contributed by atoms with van der Waals surface area (Å²) in [5.74, 6) is 2.71. The van der Waals surface area contributed by atoms with Crippen molar-refractivity contribution in [3.05, 3.63) is 35.9 Å². The third-order valence-electron chi connectivity index (χ3n) is 3.60. The van der Waals surface area contributed by atoms with Gasteiger partial charge < -0.3 is 10.1 Å². The van der Waals surface area contributed by atoms with E-state index in [1.165, 1.54) is 0 Å². The molecule has 1 amide bonds. The van der Waals surface area contributed by atoms with Crippen LogP contribution in [-0.2, 0) is 11.3 Å². The summed E-state index contributed by atoms with van der Waals surface area (Å²) >= 11 is 0. The summed E-state index contributed by atoms with van der Waals surface area (Å²) in [4.78, 5) is 11.7. The molecule has 21 heavy (non-hydrogen) atoms. The average Bonchev–Trinajstić information content (AvgIpc) is 2.44. The normalized spacial score (nSPS) is 21.0. The topological polar surface area (TPSA) is 50.4 Å². The number of rotatable bonds is 5. The number of hydrogen-bond acceptors (Lipinski definition) is 3. The Balaban J connectivity index is 1.64. The minimum absolute atomic E-state index is 0.166. The van der Waals surface area contributed by atoms with Crippen molar-refractivity contribution in [2.45, 2.75) is 50.9 Å². The second kappa shape index (κ2) is 6.64. The van der Waals surface area contributed by atoms with Crippen molar-refractivity contribution in [1.82, 2.24) is 10.6 Å². The molecular weight excluding hydrogens is 264 g/mol. The number of nitrogens with one attached hydrogen (secondary N) is 2. The zero-order valence-electron chi connectivity index (χ0n) is 12.6. The fourth-order valence-corrected chi connectivity index (χ4v) is 2.34. The van der Waals surface area contributed by atoms with Gasteiger partial charge in [0.25, 0.3) is 0 Å². The molecule has 0 radical (unpaired) electrons. The Morgan fingerprint density at radius 1 is 1.33 bits per heavy atom. The van der Waals surface area contributed by atoms with E-state index >= 15 is 0 Å². The van der Waals surface area contributed by atoms with Gasteiger partial charge in [0.05, 0.1) is 5.54 Å². The zero-order chi connectivity index (χ0) is 15.3. The molecule has 0 saturated heterocycles. The van der Waals surface area contributed by atoms with Crippen molar-refractivity contribution in [1.29, 1.82) is 0 Å². The number of carbonyl (C=O) groups excluding carboxylic acids is 1. The SMILES string of the molecule is C#CC(C)(C)NC1CC(NC(=O)OCc2ccccc2)C1. The second-order valence-corrected chi connectivity index (χ2v) is 5.98. The molecule has 0 heterocycles. The summed E-state index contributed by atoms with van der Waals surface area (Å²) < 4.78 is 5.19. The maximum atomic E-state index is 11.7. The lowest BCUT2D eigenvalue weighted by molar-refractivity contribution is 0.124. The van der Waals surface area contributed by atoms with Crippen LogP contribution in [0.4, 0.5) is 4.79 Å². The highest BCUT2D eigenvalue weighted by atomic mass is 16.5. The third kappa shape index (κ3) is 4.80. The van der Waals surface area contributed by atoms with Gasteiger partial charge in [-0.15, -0.1) is 6.42 Å². The lowest BCUT2D eigenvalue weighted by Crippen LogP contribution is -2.57. The van der Waals surface area contributed by atoms with Crippen molar-refractivity contribution in [2.24, 2.45) is 0 Å². The van der Waals surface area contributed by atoms with E-state index in [-0.39, 0.29) is 17.7 Å². The summed E-state index contributed by atoms with van der Waals surface area (Å²) in [6.45, 7) is 4.24. The molecule has 0 atom stereocenters. The minimum Gasteiger partial charge on any atom is -0.445 e. The number of carbonyl (C=O) groups is 1. The maximum absolute atomic E-state index is 11.7. The maximum Gasteiger partial charge on any atom is 0.407 e. The standard InChI is InChI=1S/C17H22N2O2/c1-4-17(2,3)19-15-10-14(11-15)18-16(20)21-12-13-8-6-5-7-9-13/h1,5-9,14-15,19H,10-12H2,2-3H3,(H,18,20). The fourth-order valence-electron chi connectivity index (χ4n) is 2.34. The van der Waals surface area contributed by atoms with Gasteiger partial charge in [-0.3, -0.25) is 5.32 Å². The van der Waals surface area contributed by atoms with Crippen LogP contribution in [0.25, 0.3) is 0 Å². The average molecular weight is 286 g/mol. The Morgan fingerprint density at radius 3 is 2.62 bits per heavy atom. The van der Waals surface area contributed by atoms with E-state index in [0.717, 1.165) is 18.4 Å². The smallest absolute Gasteiger partial charge is 0.407 e. The summed E-state index contributed by atoms with van der Waals surface area (Å²) in [5, 5.41) is 6.24. The van der Waals surface area contributed by atoms with Gasteiger partial charge in [-0.25, -0.2) is 4.79 Å². The van der Waals surface area contributed by atoms with Crippen LogP contribution in [0.1, 0.15) is 32.3 Å². The largest absolute Gasteiger partial charge is 0.445 e. The molecule has 0 aromatic heterocycles. The summed E-state index contributed by atoms with van der Waals surface area (Å²) in [7, 11) is 0. The summed E-state index contributed by atoms with van der Waals surface area (Å²) in [6, 6.07) is 10.2. The van der Waals surface area contributed by atoms with Crippen molar-refractivity contribution < 1.29 is 9.53 Å². The van der Waals surface area contributed by atoms with E-state index in [1.54, 1.807) is 0 Å². The number of alkyl carbamates (subject to hydrolysis) is 1. The van der Waals surface area contributed by atoms with Crippen LogP contribution < -0.4 is 10.6 Å². The predicted octanol–water partition coefficient (Wildman–Crippen LogP) is 2.45. The predicted molar refractivity (Wildman–Crippen MR) is 82.6 cm³/mol. The number of amides is 1. The van der Waals surface area contributed by atoms with Gasteiger partial charge in [0.15, 0.2) is 0 Å². The Morgan fingerprint density at radius 2 is 2.00 bits per heavy atom. The first-order valence-corrected chi connectivity index (χ1v) is 7.21. The highest BCUT2D eigenvalue weighted by molar-refractivity contribution is 5.67. The lowest BCUT2D eigenvalue weighted by atomic mass is 9.85. The minimum atomic E-state index is -0.362. The molecule has 0 aliphatic heterocycles. The molecule has 1 saturated carbocycles. The summed E-state index contributed by atoms with van der Waals surface area (Å²) in [6.07, 6.45) is 6.84. The van der Waals surface area contributed by atoms with Crippen LogP contribution in [0.15, 0.2) is 30.3 Å². The van der Waals surface area contributed by atoms with Crippen LogP contribution in [-0.4, -0.2) is 23.7 Å². The Kier molecular flexibility index (Phi) is 4.87. The first-order valence-electron chi connectivity index (χ1n) is 7.21. The van der Waals surface area contributed by atoms with Gasteiger partial charge in [0.1, 0.15) is 6.61 Å². The van der Waals surface area contributed by atoms with Crippen LogP contribution in [0.2, 0.25) is 0 Å². The Hall–Kier alpha value is -1.99. The van der Waals surface area contributed by atoms with Crippen LogP contribution >= 0.6 is 0 Å². The molecule has 1 fully saturated rings. The molecule has 2 rings (SSSR count). The van der Waals surface area contributed by atoms with Crippen molar-refractivity contribution in [3.63, 3.8) is 0 Å². The van der Waals surface area contributed by atoms with Crippen LogP contribution in [0.3, 0.4) is 0 Å². The first kappa shape index (κ1) is 15.4. The highest BCUT2D eigenvalue weighted by Crippen LogP contribution is 2.22. The Bertz CT molecular complexity index is 513.